The van der Waals surface area contributed by atoms with Gasteiger partial charge in [-0.2, -0.15) is 5.10 Å². The average molecular weight is 433 g/mol. The highest BCUT2D eigenvalue weighted by Crippen LogP contribution is 2.30. The smallest absolute Gasteiger partial charge is 0.228 e. The lowest BCUT2D eigenvalue weighted by atomic mass is 9.84. The summed E-state index contributed by atoms with van der Waals surface area (Å²) in [5, 5.41) is 9.47. The van der Waals surface area contributed by atoms with Crippen LogP contribution in [0.4, 0.5) is 5.82 Å². The van der Waals surface area contributed by atoms with Gasteiger partial charge in [0.05, 0.1) is 6.20 Å². The molecule has 1 amide bonds. The van der Waals surface area contributed by atoms with Gasteiger partial charge in [-0.15, -0.1) is 0 Å². The van der Waals surface area contributed by atoms with Gasteiger partial charge in [-0.05, 0) is 55.8 Å². The summed E-state index contributed by atoms with van der Waals surface area (Å²) in [6, 6.07) is 8.89. The fraction of sp³-hybridized carbons (Fsp3) is 0.480. The van der Waals surface area contributed by atoms with Crippen molar-refractivity contribution >= 4 is 22.5 Å². The molecule has 3 aromatic rings. The molecule has 1 saturated heterocycles. The van der Waals surface area contributed by atoms with Gasteiger partial charge in [0.25, 0.3) is 0 Å². The number of fused-ring (bicyclic) bond motifs is 1. The van der Waals surface area contributed by atoms with Crippen molar-refractivity contribution in [2.24, 2.45) is 13.0 Å². The molecular formula is C25H32N6O. The van der Waals surface area contributed by atoms with Gasteiger partial charge in [-0.3, -0.25) is 14.4 Å². The summed E-state index contributed by atoms with van der Waals surface area (Å²) >= 11 is 0. The molecular weight excluding hydrogens is 400 g/mol. The first-order valence-corrected chi connectivity index (χ1v) is 11.7. The normalized spacial score (nSPS) is 22.8. The number of aromatic nitrogens is 3. The van der Waals surface area contributed by atoms with Gasteiger partial charge in [0.1, 0.15) is 5.82 Å². The van der Waals surface area contributed by atoms with Crippen LogP contribution in [0.15, 0.2) is 42.9 Å². The first kappa shape index (κ1) is 21.1. The van der Waals surface area contributed by atoms with E-state index in [1.165, 1.54) is 0 Å². The summed E-state index contributed by atoms with van der Waals surface area (Å²) in [6.07, 6.45) is 9.85. The number of likely N-dealkylation sites (N-methyl/N-ethyl adjacent to an activating group) is 1. The van der Waals surface area contributed by atoms with Gasteiger partial charge >= 0.3 is 0 Å². The third-order valence-electron chi connectivity index (χ3n) is 7.13. The van der Waals surface area contributed by atoms with Crippen LogP contribution in [0.1, 0.15) is 25.7 Å². The van der Waals surface area contributed by atoms with E-state index in [0.717, 1.165) is 73.8 Å². The molecule has 168 valence electrons. The number of piperazine rings is 1. The lowest BCUT2D eigenvalue weighted by Crippen LogP contribution is -2.50. The zero-order valence-electron chi connectivity index (χ0n) is 19.0. The highest BCUT2D eigenvalue weighted by Gasteiger charge is 2.30. The highest BCUT2D eigenvalue weighted by atomic mass is 16.1. The van der Waals surface area contributed by atoms with E-state index < -0.39 is 0 Å². The second-order valence-electron chi connectivity index (χ2n) is 9.37. The Hall–Kier alpha value is -2.77. The molecule has 0 unspecified atom stereocenters. The quantitative estimate of drug-likeness (QED) is 0.685. The van der Waals surface area contributed by atoms with E-state index in [0.29, 0.717) is 11.9 Å². The van der Waals surface area contributed by atoms with E-state index in [1.54, 1.807) is 4.68 Å². The van der Waals surface area contributed by atoms with Gasteiger partial charge in [0.2, 0.25) is 5.91 Å². The maximum Gasteiger partial charge on any atom is 0.228 e. The third-order valence-corrected chi connectivity index (χ3v) is 7.13. The number of hydrogen-bond acceptors (Lipinski definition) is 5. The molecule has 0 atom stereocenters. The van der Waals surface area contributed by atoms with Crippen molar-refractivity contribution in [2.45, 2.75) is 31.7 Å². The van der Waals surface area contributed by atoms with Crippen LogP contribution in [-0.2, 0) is 11.8 Å². The molecule has 0 radical (unpaired) electrons. The second-order valence-corrected chi connectivity index (χ2v) is 9.37. The molecule has 1 aromatic carbocycles. The summed E-state index contributed by atoms with van der Waals surface area (Å²) in [4.78, 5) is 22.4. The van der Waals surface area contributed by atoms with Crippen molar-refractivity contribution in [3.8, 4) is 11.1 Å². The molecule has 2 fully saturated rings. The van der Waals surface area contributed by atoms with Crippen LogP contribution >= 0.6 is 0 Å². The SMILES string of the molecule is CN1CCN([C@H]2CC[C@H](C(=O)Nc3cc4cc(-c5cnn(C)c5)ccc4cn3)CC2)CC1. The third kappa shape index (κ3) is 4.54. The number of anilines is 1. The number of aryl methyl sites for hydroxylation is 1. The topological polar surface area (TPSA) is 66.3 Å². The molecule has 32 heavy (non-hydrogen) atoms. The molecule has 1 aliphatic carbocycles. The molecule has 5 rings (SSSR count). The second kappa shape index (κ2) is 9.00. The van der Waals surface area contributed by atoms with E-state index in [4.69, 9.17) is 0 Å². The number of hydrogen-bond donors (Lipinski definition) is 1. The minimum Gasteiger partial charge on any atom is -0.310 e. The Balaban J connectivity index is 1.22. The Bertz CT molecular complexity index is 1090. The average Bonchev–Trinajstić information content (AvgIpc) is 3.25. The number of nitrogens with zero attached hydrogens (tertiary/aromatic N) is 5. The predicted molar refractivity (Wildman–Crippen MR) is 127 cm³/mol. The van der Waals surface area contributed by atoms with Crippen LogP contribution in [0.2, 0.25) is 0 Å². The largest absolute Gasteiger partial charge is 0.310 e. The molecule has 1 saturated carbocycles. The van der Waals surface area contributed by atoms with E-state index in [1.807, 2.05) is 31.7 Å². The first-order chi connectivity index (χ1) is 15.5. The maximum atomic E-state index is 12.9. The number of carbonyl (C=O) groups is 1. The molecule has 1 aliphatic heterocycles. The predicted octanol–water partition coefficient (Wildman–Crippen LogP) is 3.38. The van der Waals surface area contributed by atoms with Crippen molar-refractivity contribution in [1.82, 2.24) is 24.6 Å². The molecule has 7 nitrogen and oxygen atoms in total. The minimum absolute atomic E-state index is 0.0814. The standard InChI is InChI=1S/C25H32N6O/c1-29-9-11-31(12-10-29)23-7-5-18(6-8-23)25(32)28-24-14-21-13-19(3-4-20(21)15-26-24)22-16-27-30(2)17-22/h3-4,13-18,23H,5-12H2,1-2H3,(H,26,28,32)/t18-,23-. The lowest BCUT2D eigenvalue weighted by Gasteiger charge is -2.40. The maximum absolute atomic E-state index is 12.9. The van der Waals surface area contributed by atoms with E-state index in [-0.39, 0.29) is 11.8 Å². The zero-order valence-corrected chi connectivity index (χ0v) is 19.0. The monoisotopic (exact) mass is 432 g/mol. The molecule has 0 spiro atoms. The van der Waals surface area contributed by atoms with Gasteiger partial charge in [-0.25, -0.2) is 4.98 Å². The number of carbonyl (C=O) groups excluding carboxylic acids is 1. The lowest BCUT2D eigenvalue weighted by molar-refractivity contribution is -0.121. The highest BCUT2D eigenvalue weighted by molar-refractivity contribution is 5.95. The summed E-state index contributed by atoms with van der Waals surface area (Å²) in [7, 11) is 4.11. The first-order valence-electron chi connectivity index (χ1n) is 11.7. The van der Waals surface area contributed by atoms with Crippen LogP contribution in [0, 0.1) is 5.92 Å². The molecule has 3 heterocycles. The summed E-state index contributed by atoms with van der Waals surface area (Å²) in [6.45, 7) is 4.60. The van der Waals surface area contributed by atoms with Crippen LogP contribution in [0.5, 0.6) is 0 Å². The Morgan fingerprint density at radius 2 is 1.72 bits per heavy atom. The van der Waals surface area contributed by atoms with Crippen molar-refractivity contribution < 1.29 is 4.79 Å². The van der Waals surface area contributed by atoms with Gasteiger partial charge in [-0.1, -0.05) is 12.1 Å². The summed E-state index contributed by atoms with van der Waals surface area (Å²) in [5.41, 5.74) is 2.19. The Morgan fingerprint density at radius 1 is 0.938 bits per heavy atom. The summed E-state index contributed by atoms with van der Waals surface area (Å²) < 4.78 is 1.80. The number of amides is 1. The number of benzene rings is 1. The minimum atomic E-state index is 0.0814. The Morgan fingerprint density at radius 3 is 2.44 bits per heavy atom. The van der Waals surface area contributed by atoms with Crippen molar-refractivity contribution in [3.05, 3.63) is 42.9 Å². The van der Waals surface area contributed by atoms with Crippen molar-refractivity contribution in [3.63, 3.8) is 0 Å². The Kier molecular flexibility index (Phi) is 5.93. The zero-order chi connectivity index (χ0) is 22.1. The molecule has 1 N–H and O–H groups in total. The van der Waals surface area contributed by atoms with E-state index in [2.05, 4.69) is 50.4 Å². The van der Waals surface area contributed by atoms with Gasteiger partial charge in [0.15, 0.2) is 0 Å². The van der Waals surface area contributed by atoms with Crippen LogP contribution in [-0.4, -0.2) is 69.7 Å². The fourth-order valence-electron chi connectivity index (χ4n) is 5.08. The summed E-state index contributed by atoms with van der Waals surface area (Å²) in [5.74, 6) is 0.821. The Labute approximate surface area is 189 Å². The number of nitrogens with one attached hydrogen (secondary N) is 1. The molecule has 0 bridgehead atoms. The van der Waals surface area contributed by atoms with Crippen LogP contribution < -0.4 is 5.32 Å². The molecule has 2 aromatic heterocycles. The van der Waals surface area contributed by atoms with E-state index in [9.17, 15) is 4.79 Å². The van der Waals surface area contributed by atoms with Gasteiger partial charge in [0, 0.05) is 68.5 Å². The fourth-order valence-corrected chi connectivity index (χ4v) is 5.08. The number of rotatable bonds is 4. The van der Waals surface area contributed by atoms with Crippen LogP contribution in [0.3, 0.4) is 0 Å². The van der Waals surface area contributed by atoms with Gasteiger partial charge < -0.3 is 10.2 Å². The van der Waals surface area contributed by atoms with Crippen molar-refractivity contribution in [2.75, 3.05) is 38.5 Å². The van der Waals surface area contributed by atoms with Crippen molar-refractivity contribution in [1.29, 1.82) is 0 Å². The van der Waals surface area contributed by atoms with Crippen LogP contribution in [0.25, 0.3) is 21.9 Å². The molecule has 7 heteroatoms. The van der Waals surface area contributed by atoms with E-state index >= 15 is 0 Å². The molecule has 2 aliphatic rings. The number of pyridine rings is 1.